The first kappa shape index (κ1) is 42.0. The van der Waals surface area contributed by atoms with E-state index in [1.54, 1.807) is 0 Å². The molecular weight excluding hydrogens is 582 g/mol. The third-order valence-electron chi connectivity index (χ3n) is 7.12. The van der Waals surface area contributed by atoms with Gasteiger partial charge in [0.05, 0.1) is 13.2 Å². The van der Waals surface area contributed by atoms with E-state index in [-0.39, 0.29) is 11.7 Å². The molecule has 0 fully saturated rings. The quantitative estimate of drug-likeness (QED) is 0.0768. The standard InChI is InChI=1S/C32H63N5O6S/c1-5-6-7-8-9-10-11-12-13-14-15-16-17-18-23-43-32(42)34-21-24-44-26-29(35-27(2)39)31(41)36-28(25-38)30(40)33-20-19-22-37(3)4/h28-29,38H,5-26H2,1-4H3,(H,33,40)(H,34,42)(H,35,39)(H,36,41). The molecule has 258 valence electrons. The van der Waals surface area contributed by atoms with Crippen LogP contribution in [-0.4, -0.2) is 104 Å². The zero-order chi connectivity index (χ0) is 32.8. The first-order valence-corrected chi connectivity index (χ1v) is 18.0. The van der Waals surface area contributed by atoms with Gasteiger partial charge >= 0.3 is 6.09 Å². The van der Waals surface area contributed by atoms with Gasteiger partial charge in [0.2, 0.25) is 17.7 Å². The van der Waals surface area contributed by atoms with Crippen molar-refractivity contribution in [1.82, 2.24) is 26.2 Å². The van der Waals surface area contributed by atoms with E-state index >= 15 is 0 Å². The fraction of sp³-hybridized carbons (Fsp3) is 0.875. The summed E-state index contributed by atoms with van der Waals surface area (Å²) < 4.78 is 5.25. The van der Waals surface area contributed by atoms with Gasteiger partial charge in [-0.3, -0.25) is 14.4 Å². The minimum atomic E-state index is -1.11. The fourth-order valence-corrected chi connectivity index (χ4v) is 5.45. The number of nitrogens with one attached hydrogen (secondary N) is 4. The molecule has 44 heavy (non-hydrogen) atoms. The third kappa shape index (κ3) is 26.4. The largest absolute Gasteiger partial charge is 0.450 e. The molecule has 0 heterocycles. The molecule has 0 spiro atoms. The summed E-state index contributed by atoms with van der Waals surface area (Å²) >= 11 is 1.37. The highest BCUT2D eigenvalue weighted by Crippen LogP contribution is 2.13. The van der Waals surface area contributed by atoms with Crippen LogP contribution in [-0.2, 0) is 19.1 Å². The monoisotopic (exact) mass is 645 g/mol. The third-order valence-corrected chi connectivity index (χ3v) is 8.18. The van der Waals surface area contributed by atoms with Crippen LogP contribution in [0.3, 0.4) is 0 Å². The van der Waals surface area contributed by atoms with E-state index in [1.165, 1.54) is 95.7 Å². The topological polar surface area (TPSA) is 149 Å². The van der Waals surface area contributed by atoms with Crippen molar-refractivity contribution in [2.75, 3.05) is 58.4 Å². The Morgan fingerprint density at radius 3 is 1.82 bits per heavy atom. The number of unbranched alkanes of at least 4 members (excludes halogenated alkanes) is 13. The fourth-order valence-electron chi connectivity index (χ4n) is 4.56. The summed E-state index contributed by atoms with van der Waals surface area (Å²) in [6.45, 7) is 4.97. The minimum absolute atomic E-state index is 0.240. The van der Waals surface area contributed by atoms with Crippen molar-refractivity contribution in [3.05, 3.63) is 0 Å². The predicted molar refractivity (Wildman–Crippen MR) is 180 cm³/mol. The van der Waals surface area contributed by atoms with E-state index in [9.17, 15) is 24.3 Å². The molecule has 0 bridgehead atoms. The summed E-state index contributed by atoms with van der Waals surface area (Å²) in [5.74, 6) is -0.678. The van der Waals surface area contributed by atoms with Crippen LogP contribution in [0.25, 0.3) is 0 Å². The highest BCUT2D eigenvalue weighted by Gasteiger charge is 2.25. The Labute approximate surface area is 271 Å². The lowest BCUT2D eigenvalue weighted by Crippen LogP contribution is -2.55. The molecule has 0 aliphatic heterocycles. The molecule has 0 saturated carbocycles. The van der Waals surface area contributed by atoms with Crippen LogP contribution < -0.4 is 21.3 Å². The Morgan fingerprint density at radius 2 is 1.30 bits per heavy atom. The van der Waals surface area contributed by atoms with Crippen molar-refractivity contribution in [2.45, 2.75) is 122 Å². The molecule has 11 nitrogen and oxygen atoms in total. The maximum Gasteiger partial charge on any atom is 0.407 e. The van der Waals surface area contributed by atoms with E-state index in [0.29, 0.717) is 25.4 Å². The molecule has 0 rings (SSSR count). The van der Waals surface area contributed by atoms with E-state index in [2.05, 4.69) is 28.2 Å². The molecule has 2 unspecified atom stereocenters. The molecule has 0 aromatic heterocycles. The second-order valence-corrected chi connectivity index (χ2v) is 12.8. The van der Waals surface area contributed by atoms with Crippen LogP contribution in [0, 0.1) is 0 Å². The molecule has 2 atom stereocenters. The summed E-state index contributed by atoms with van der Waals surface area (Å²) in [6.07, 6.45) is 18.1. The van der Waals surface area contributed by atoms with E-state index in [0.717, 1.165) is 25.8 Å². The van der Waals surface area contributed by atoms with Gasteiger partial charge in [-0.1, -0.05) is 90.4 Å². The molecule has 0 aliphatic rings. The number of amides is 4. The average Bonchev–Trinajstić information content (AvgIpc) is 2.98. The highest BCUT2D eigenvalue weighted by molar-refractivity contribution is 7.99. The second kappa shape index (κ2) is 29.6. The number of aliphatic hydroxyl groups excluding tert-OH is 1. The number of rotatable bonds is 29. The van der Waals surface area contributed by atoms with Crippen LogP contribution in [0.4, 0.5) is 4.79 Å². The second-order valence-electron chi connectivity index (χ2n) is 11.7. The van der Waals surface area contributed by atoms with Crippen molar-refractivity contribution in [2.24, 2.45) is 0 Å². The summed E-state index contributed by atoms with van der Waals surface area (Å²) in [6, 6.07) is -2.00. The number of nitrogens with zero attached hydrogens (tertiary/aromatic N) is 1. The van der Waals surface area contributed by atoms with E-state index in [1.807, 2.05) is 19.0 Å². The maximum absolute atomic E-state index is 12.7. The molecule has 0 aromatic carbocycles. The van der Waals surface area contributed by atoms with Crippen molar-refractivity contribution in [3.63, 3.8) is 0 Å². The first-order chi connectivity index (χ1) is 21.2. The molecule has 0 radical (unpaired) electrons. The predicted octanol–water partition coefficient (Wildman–Crippen LogP) is 3.98. The van der Waals surface area contributed by atoms with E-state index < -0.39 is 36.6 Å². The minimum Gasteiger partial charge on any atom is -0.450 e. The number of ether oxygens (including phenoxy) is 1. The Hall–Kier alpha value is -2.05. The zero-order valence-electron chi connectivity index (χ0n) is 28.1. The normalized spacial score (nSPS) is 12.4. The molecule has 12 heteroatoms. The van der Waals surface area contributed by atoms with Gasteiger partial charge < -0.3 is 36.0 Å². The number of hydrogen-bond donors (Lipinski definition) is 5. The highest BCUT2D eigenvalue weighted by atomic mass is 32.2. The van der Waals surface area contributed by atoms with Crippen LogP contribution in [0.1, 0.15) is 110 Å². The number of alkyl carbamates (subject to hydrolysis) is 1. The molecule has 0 aliphatic carbocycles. The van der Waals surface area contributed by atoms with Gasteiger partial charge in [-0.25, -0.2) is 4.79 Å². The van der Waals surface area contributed by atoms with Crippen molar-refractivity contribution >= 4 is 35.6 Å². The lowest BCUT2D eigenvalue weighted by Gasteiger charge is -2.21. The van der Waals surface area contributed by atoms with Gasteiger partial charge in [0.1, 0.15) is 12.1 Å². The van der Waals surface area contributed by atoms with Gasteiger partial charge in [-0.05, 0) is 33.5 Å². The first-order valence-electron chi connectivity index (χ1n) is 16.8. The zero-order valence-corrected chi connectivity index (χ0v) is 28.9. The lowest BCUT2D eigenvalue weighted by molar-refractivity contribution is -0.132. The summed E-state index contributed by atoms with van der Waals surface area (Å²) in [5.41, 5.74) is 0. The Kier molecular flexibility index (Phi) is 28.3. The van der Waals surface area contributed by atoms with Gasteiger partial charge in [0.15, 0.2) is 0 Å². The SMILES string of the molecule is CCCCCCCCCCCCCCCCOC(=O)NCCSCC(NC(C)=O)C(=O)NC(CO)C(=O)NCCCN(C)C. The Morgan fingerprint density at radius 1 is 0.727 bits per heavy atom. The molecule has 0 saturated heterocycles. The lowest BCUT2D eigenvalue weighted by atomic mass is 10.0. The number of hydrogen-bond acceptors (Lipinski definition) is 8. The maximum atomic E-state index is 12.7. The molecule has 5 N–H and O–H groups in total. The van der Waals surface area contributed by atoms with E-state index in [4.69, 9.17) is 4.74 Å². The van der Waals surface area contributed by atoms with Crippen molar-refractivity contribution < 1.29 is 29.0 Å². The summed E-state index contributed by atoms with van der Waals surface area (Å²) in [5, 5.41) is 20.1. The molecule has 0 aromatic rings. The van der Waals surface area contributed by atoms with Gasteiger partial charge in [0, 0.05) is 31.5 Å². The summed E-state index contributed by atoms with van der Waals surface area (Å²) in [4.78, 5) is 50.6. The number of thioether (sulfide) groups is 1. The van der Waals surface area contributed by atoms with Crippen molar-refractivity contribution in [3.8, 4) is 0 Å². The van der Waals surface area contributed by atoms with Gasteiger partial charge in [-0.15, -0.1) is 0 Å². The molecular formula is C32H63N5O6S. The van der Waals surface area contributed by atoms with Crippen LogP contribution in [0.5, 0.6) is 0 Å². The Balaban J connectivity index is 3.97. The number of aliphatic hydroxyl groups is 1. The van der Waals surface area contributed by atoms with Gasteiger partial charge in [-0.2, -0.15) is 11.8 Å². The molecule has 4 amide bonds. The number of carbonyl (C=O) groups is 4. The van der Waals surface area contributed by atoms with Gasteiger partial charge in [0.25, 0.3) is 0 Å². The number of carbonyl (C=O) groups excluding carboxylic acids is 4. The van der Waals surface area contributed by atoms with Crippen LogP contribution >= 0.6 is 11.8 Å². The average molecular weight is 646 g/mol. The van der Waals surface area contributed by atoms with Crippen LogP contribution in [0.15, 0.2) is 0 Å². The van der Waals surface area contributed by atoms with Crippen LogP contribution in [0.2, 0.25) is 0 Å². The smallest absolute Gasteiger partial charge is 0.407 e. The Bertz CT molecular complexity index is 759. The summed E-state index contributed by atoms with van der Waals surface area (Å²) in [7, 11) is 3.87. The van der Waals surface area contributed by atoms with Crippen molar-refractivity contribution in [1.29, 1.82) is 0 Å².